The SMILES string of the molecule is COC(=O)[C@@H]1[C@H](c2cc(OC)c(OC)c(OC)c2)c2cc3c(cc2C(=O)[C@H]1CO)OCO3. The summed E-state index contributed by atoms with van der Waals surface area (Å²) in [5.74, 6) is -1.52. The first kappa shape index (κ1) is 21.8. The van der Waals surface area contributed by atoms with E-state index in [4.69, 9.17) is 28.4 Å². The van der Waals surface area contributed by atoms with Gasteiger partial charge in [-0.25, -0.2) is 0 Å². The van der Waals surface area contributed by atoms with Crippen LogP contribution in [0.4, 0.5) is 0 Å². The number of benzene rings is 2. The number of fused-ring (bicyclic) bond motifs is 2. The van der Waals surface area contributed by atoms with Crippen LogP contribution in [0.25, 0.3) is 0 Å². The van der Waals surface area contributed by atoms with Crippen molar-refractivity contribution >= 4 is 11.8 Å². The lowest BCUT2D eigenvalue weighted by molar-refractivity contribution is -0.148. The number of rotatable bonds is 6. The molecule has 0 unspecified atom stereocenters. The highest BCUT2D eigenvalue weighted by Crippen LogP contribution is 2.50. The third kappa shape index (κ3) is 3.29. The van der Waals surface area contributed by atoms with E-state index >= 15 is 0 Å². The highest BCUT2D eigenvalue weighted by atomic mass is 16.7. The largest absolute Gasteiger partial charge is 0.493 e. The normalized spacial score (nSPS) is 21.0. The zero-order chi connectivity index (χ0) is 23.0. The van der Waals surface area contributed by atoms with Crippen LogP contribution in [0.3, 0.4) is 0 Å². The van der Waals surface area contributed by atoms with Crippen molar-refractivity contribution in [1.29, 1.82) is 0 Å². The van der Waals surface area contributed by atoms with Crippen LogP contribution in [0, 0.1) is 11.8 Å². The topological polar surface area (TPSA) is 110 Å². The Morgan fingerprint density at radius 2 is 1.62 bits per heavy atom. The average molecular weight is 444 g/mol. The van der Waals surface area contributed by atoms with Crippen molar-refractivity contribution < 1.29 is 43.1 Å². The maximum Gasteiger partial charge on any atom is 0.310 e. The molecule has 2 aromatic carbocycles. The van der Waals surface area contributed by atoms with Gasteiger partial charge in [-0.15, -0.1) is 0 Å². The molecule has 2 aromatic rings. The third-order valence-corrected chi connectivity index (χ3v) is 5.99. The Balaban J connectivity index is 2.00. The second kappa shape index (κ2) is 8.58. The maximum atomic E-state index is 13.3. The molecule has 2 aliphatic rings. The summed E-state index contributed by atoms with van der Waals surface area (Å²) >= 11 is 0. The minimum absolute atomic E-state index is 0.0329. The summed E-state index contributed by atoms with van der Waals surface area (Å²) in [4.78, 5) is 26.2. The maximum absolute atomic E-state index is 13.3. The molecule has 0 saturated heterocycles. The number of aliphatic hydroxyl groups excluding tert-OH is 1. The minimum atomic E-state index is -1.00. The van der Waals surface area contributed by atoms with Gasteiger partial charge in [0.2, 0.25) is 12.5 Å². The zero-order valence-electron chi connectivity index (χ0n) is 18.2. The van der Waals surface area contributed by atoms with E-state index in [-0.39, 0.29) is 12.6 Å². The predicted octanol–water partition coefficient (Wildman–Crippen LogP) is 2.17. The van der Waals surface area contributed by atoms with E-state index in [1.165, 1.54) is 28.4 Å². The molecule has 1 heterocycles. The number of methoxy groups -OCH3 is 4. The van der Waals surface area contributed by atoms with Gasteiger partial charge in [0.05, 0.1) is 46.9 Å². The first-order valence-electron chi connectivity index (χ1n) is 9.95. The molecule has 0 saturated carbocycles. The number of aliphatic hydroxyl groups is 1. The molecule has 1 aliphatic heterocycles. The van der Waals surface area contributed by atoms with E-state index in [0.717, 1.165) is 0 Å². The van der Waals surface area contributed by atoms with Crippen LogP contribution in [-0.4, -0.2) is 58.7 Å². The fraction of sp³-hybridized carbons (Fsp3) is 0.391. The van der Waals surface area contributed by atoms with E-state index in [1.54, 1.807) is 24.3 Å². The van der Waals surface area contributed by atoms with Crippen LogP contribution in [-0.2, 0) is 9.53 Å². The molecule has 0 radical (unpaired) electrons. The molecule has 32 heavy (non-hydrogen) atoms. The molecule has 1 N–H and O–H groups in total. The molecule has 0 bridgehead atoms. The van der Waals surface area contributed by atoms with Crippen molar-refractivity contribution in [1.82, 2.24) is 0 Å². The van der Waals surface area contributed by atoms with Crippen molar-refractivity contribution in [3.63, 3.8) is 0 Å². The summed E-state index contributed by atoms with van der Waals surface area (Å²) < 4.78 is 32.4. The standard InChI is InChI=1S/C23H24O9/c1-27-17-5-11(6-18(28-2)22(17)29-3)19-12-7-15-16(32-10-31-15)8-13(12)21(25)14(9-24)20(19)23(26)30-4/h5-8,14,19-20,24H,9-10H2,1-4H3/t14-,19+,20-/m0/s1. The number of carbonyl (C=O) groups is 2. The summed E-state index contributed by atoms with van der Waals surface area (Å²) in [7, 11) is 5.73. The van der Waals surface area contributed by atoms with Gasteiger partial charge in [-0.1, -0.05) is 0 Å². The Kier molecular flexibility index (Phi) is 5.84. The molecule has 0 amide bonds. The molecular formula is C23H24O9. The lowest BCUT2D eigenvalue weighted by Crippen LogP contribution is -2.42. The van der Waals surface area contributed by atoms with Gasteiger partial charge in [-0.2, -0.15) is 0 Å². The summed E-state index contributed by atoms with van der Waals surface area (Å²) in [6, 6.07) is 6.75. The summed E-state index contributed by atoms with van der Waals surface area (Å²) in [5.41, 5.74) is 1.54. The Hall–Kier alpha value is -3.46. The second-order valence-corrected chi connectivity index (χ2v) is 7.43. The Morgan fingerprint density at radius 3 is 2.16 bits per heavy atom. The summed E-state index contributed by atoms with van der Waals surface area (Å²) in [6.45, 7) is -0.488. The van der Waals surface area contributed by atoms with Gasteiger partial charge in [-0.05, 0) is 35.4 Å². The van der Waals surface area contributed by atoms with Gasteiger partial charge in [0.1, 0.15) is 0 Å². The van der Waals surface area contributed by atoms with E-state index in [1.807, 2.05) is 0 Å². The fourth-order valence-electron chi connectivity index (χ4n) is 4.52. The van der Waals surface area contributed by atoms with E-state index in [2.05, 4.69) is 0 Å². The molecule has 0 fully saturated rings. The van der Waals surface area contributed by atoms with Gasteiger partial charge in [-0.3, -0.25) is 9.59 Å². The molecule has 3 atom stereocenters. The molecule has 9 nitrogen and oxygen atoms in total. The molecule has 170 valence electrons. The number of esters is 1. The lowest BCUT2D eigenvalue weighted by atomic mass is 9.66. The average Bonchev–Trinajstić information content (AvgIpc) is 3.28. The number of ether oxygens (including phenoxy) is 6. The first-order chi connectivity index (χ1) is 15.5. The van der Waals surface area contributed by atoms with Crippen LogP contribution in [0.15, 0.2) is 24.3 Å². The number of ketones is 1. The molecule has 0 spiro atoms. The summed E-state index contributed by atoms with van der Waals surface area (Å²) in [5, 5.41) is 10.1. The van der Waals surface area contributed by atoms with Gasteiger partial charge >= 0.3 is 5.97 Å². The Labute approximate surface area is 184 Å². The summed E-state index contributed by atoms with van der Waals surface area (Å²) in [6.07, 6.45) is 0. The fourth-order valence-corrected chi connectivity index (χ4v) is 4.52. The van der Waals surface area contributed by atoms with Crippen molar-refractivity contribution in [2.24, 2.45) is 11.8 Å². The first-order valence-corrected chi connectivity index (χ1v) is 9.95. The highest BCUT2D eigenvalue weighted by Gasteiger charge is 2.48. The van der Waals surface area contributed by atoms with Gasteiger partial charge in [0.15, 0.2) is 28.8 Å². The Morgan fingerprint density at radius 1 is 1.00 bits per heavy atom. The monoisotopic (exact) mass is 444 g/mol. The Bertz CT molecular complexity index is 1040. The van der Waals surface area contributed by atoms with Crippen molar-refractivity contribution in [2.45, 2.75) is 5.92 Å². The molecular weight excluding hydrogens is 420 g/mol. The van der Waals surface area contributed by atoms with Gasteiger partial charge in [0.25, 0.3) is 0 Å². The van der Waals surface area contributed by atoms with E-state index in [9.17, 15) is 14.7 Å². The van der Waals surface area contributed by atoms with Crippen LogP contribution < -0.4 is 23.7 Å². The number of hydrogen-bond acceptors (Lipinski definition) is 9. The zero-order valence-corrected chi connectivity index (χ0v) is 18.2. The molecule has 4 rings (SSSR count). The molecule has 1 aliphatic carbocycles. The van der Waals surface area contributed by atoms with Crippen LogP contribution in [0.1, 0.15) is 27.4 Å². The van der Waals surface area contributed by atoms with Gasteiger partial charge in [0, 0.05) is 11.5 Å². The van der Waals surface area contributed by atoms with Gasteiger partial charge < -0.3 is 33.5 Å². The van der Waals surface area contributed by atoms with Crippen molar-refractivity contribution in [3.8, 4) is 28.7 Å². The quantitative estimate of drug-likeness (QED) is 0.670. The van der Waals surface area contributed by atoms with Crippen LogP contribution in [0.5, 0.6) is 28.7 Å². The smallest absolute Gasteiger partial charge is 0.310 e. The van der Waals surface area contributed by atoms with E-state index in [0.29, 0.717) is 45.4 Å². The predicted molar refractivity (Wildman–Crippen MR) is 111 cm³/mol. The van der Waals surface area contributed by atoms with Crippen molar-refractivity contribution in [3.05, 3.63) is 41.0 Å². The minimum Gasteiger partial charge on any atom is -0.493 e. The van der Waals surface area contributed by atoms with Crippen molar-refractivity contribution in [2.75, 3.05) is 41.8 Å². The second-order valence-electron chi connectivity index (χ2n) is 7.43. The molecule has 0 aromatic heterocycles. The number of hydrogen-bond donors (Lipinski definition) is 1. The third-order valence-electron chi connectivity index (χ3n) is 5.99. The number of carbonyl (C=O) groups excluding carboxylic acids is 2. The van der Waals surface area contributed by atoms with Crippen LogP contribution in [0.2, 0.25) is 0 Å². The highest BCUT2D eigenvalue weighted by molar-refractivity contribution is 6.04. The van der Waals surface area contributed by atoms with E-state index < -0.39 is 30.3 Å². The number of Topliss-reactive ketones (excluding diaryl/α,β-unsaturated/α-hetero) is 1. The van der Waals surface area contributed by atoms with Crippen LogP contribution >= 0.6 is 0 Å². The molecule has 9 heteroatoms. The lowest BCUT2D eigenvalue weighted by Gasteiger charge is -2.37.